The van der Waals surface area contributed by atoms with Crippen LogP contribution in [0.15, 0.2) is 41.2 Å². The Morgan fingerprint density at radius 3 is 2.97 bits per heavy atom. The number of thiazole rings is 1. The van der Waals surface area contributed by atoms with Crippen LogP contribution in [0.1, 0.15) is 20.9 Å². The molecule has 0 radical (unpaired) electrons. The van der Waals surface area contributed by atoms with Gasteiger partial charge in [0.05, 0.1) is 36.9 Å². The molecular formula is C20H19ClN4O4S. The van der Waals surface area contributed by atoms with Crippen LogP contribution in [0, 0.1) is 0 Å². The molecule has 1 aliphatic rings. The van der Waals surface area contributed by atoms with Crippen molar-refractivity contribution in [2.24, 2.45) is 0 Å². The first-order valence-electron chi connectivity index (χ1n) is 9.19. The van der Waals surface area contributed by atoms with Gasteiger partial charge in [0, 0.05) is 29.4 Å². The molecule has 8 nitrogen and oxygen atoms in total. The zero-order valence-corrected chi connectivity index (χ0v) is 17.7. The number of halogens is 1. The molecule has 0 saturated heterocycles. The molecule has 3 aromatic rings. The van der Waals surface area contributed by atoms with Gasteiger partial charge in [0.2, 0.25) is 5.91 Å². The molecule has 2 aromatic heterocycles. The van der Waals surface area contributed by atoms with Crippen LogP contribution in [0.5, 0.6) is 5.75 Å². The number of hydrogen-bond donors (Lipinski definition) is 2. The number of benzene rings is 1. The molecule has 0 unspecified atom stereocenters. The first-order chi connectivity index (χ1) is 14.5. The van der Waals surface area contributed by atoms with E-state index in [0.717, 1.165) is 10.6 Å². The maximum atomic E-state index is 12.5. The second kappa shape index (κ2) is 8.86. The lowest BCUT2D eigenvalue weighted by molar-refractivity contribution is -0.117. The van der Waals surface area contributed by atoms with Crippen LogP contribution in [-0.4, -0.2) is 41.9 Å². The molecule has 156 valence electrons. The maximum absolute atomic E-state index is 12.5. The number of hydrogen-bond acceptors (Lipinski definition) is 7. The summed E-state index contributed by atoms with van der Waals surface area (Å²) in [5.41, 5.74) is 1.93. The molecule has 0 atom stereocenters. The average molecular weight is 447 g/mol. The highest BCUT2D eigenvalue weighted by molar-refractivity contribution is 7.15. The predicted octanol–water partition coefficient (Wildman–Crippen LogP) is 3.65. The van der Waals surface area contributed by atoms with E-state index in [1.807, 2.05) is 4.90 Å². The van der Waals surface area contributed by atoms with E-state index >= 15 is 0 Å². The number of amides is 2. The van der Waals surface area contributed by atoms with E-state index in [0.29, 0.717) is 46.7 Å². The van der Waals surface area contributed by atoms with Gasteiger partial charge in [0.15, 0.2) is 5.13 Å². The molecule has 0 spiro atoms. The number of carbonyl (C=O) groups is 2. The van der Waals surface area contributed by atoms with Crippen LogP contribution in [-0.2, 0) is 17.8 Å². The van der Waals surface area contributed by atoms with Crippen LogP contribution in [0.4, 0.5) is 10.8 Å². The maximum Gasteiger partial charge on any atom is 0.260 e. The van der Waals surface area contributed by atoms with E-state index in [-0.39, 0.29) is 18.4 Å². The SMILES string of the molecule is COc1ccc(Cl)cc1NC(=O)CN1CCc2nc(NC(=O)c3ccoc3)sc2C1. The number of fused-ring (bicyclic) bond motifs is 1. The van der Waals surface area contributed by atoms with Gasteiger partial charge in [-0.05, 0) is 24.3 Å². The molecule has 0 saturated carbocycles. The van der Waals surface area contributed by atoms with Gasteiger partial charge in [-0.2, -0.15) is 0 Å². The van der Waals surface area contributed by atoms with Crippen molar-refractivity contribution in [3.63, 3.8) is 0 Å². The third-order valence-corrected chi connectivity index (χ3v) is 5.85. The van der Waals surface area contributed by atoms with Crippen LogP contribution < -0.4 is 15.4 Å². The Morgan fingerprint density at radius 2 is 2.20 bits per heavy atom. The first-order valence-corrected chi connectivity index (χ1v) is 10.4. The van der Waals surface area contributed by atoms with Gasteiger partial charge in [-0.3, -0.25) is 19.8 Å². The lowest BCUT2D eigenvalue weighted by atomic mass is 10.2. The quantitative estimate of drug-likeness (QED) is 0.600. The summed E-state index contributed by atoms with van der Waals surface area (Å²) >= 11 is 7.44. The van der Waals surface area contributed by atoms with Crippen LogP contribution >= 0.6 is 22.9 Å². The molecule has 1 aliphatic heterocycles. The van der Waals surface area contributed by atoms with Crippen molar-refractivity contribution in [1.82, 2.24) is 9.88 Å². The zero-order chi connectivity index (χ0) is 21.1. The van der Waals surface area contributed by atoms with E-state index in [4.69, 9.17) is 20.8 Å². The van der Waals surface area contributed by atoms with Gasteiger partial charge < -0.3 is 14.5 Å². The number of nitrogens with zero attached hydrogens (tertiary/aromatic N) is 2. The van der Waals surface area contributed by atoms with Crippen molar-refractivity contribution >= 4 is 45.6 Å². The molecule has 4 rings (SSSR count). The molecule has 0 bridgehead atoms. The van der Waals surface area contributed by atoms with E-state index in [2.05, 4.69) is 15.6 Å². The molecule has 10 heteroatoms. The fourth-order valence-corrected chi connectivity index (χ4v) is 4.39. The number of rotatable bonds is 6. The highest BCUT2D eigenvalue weighted by Gasteiger charge is 2.23. The number of ether oxygens (including phenoxy) is 1. The Labute approximate surface area is 181 Å². The van der Waals surface area contributed by atoms with E-state index in [1.165, 1.54) is 31.0 Å². The number of aromatic nitrogens is 1. The fraction of sp³-hybridized carbons (Fsp3) is 0.250. The molecule has 2 N–H and O–H groups in total. The van der Waals surface area contributed by atoms with Crippen molar-refractivity contribution < 1.29 is 18.7 Å². The summed E-state index contributed by atoms with van der Waals surface area (Å²) in [6.07, 6.45) is 3.54. The standard InChI is InChI=1S/C20H19ClN4O4S/c1-28-16-3-2-13(21)8-15(16)22-18(26)10-25-6-4-14-17(9-25)30-20(23-14)24-19(27)12-5-7-29-11-12/h2-3,5,7-8,11H,4,6,9-10H2,1H3,(H,22,26)(H,23,24,27). The third kappa shape index (κ3) is 4.64. The molecular weight excluding hydrogens is 428 g/mol. The summed E-state index contributed by atoms with van der Waals surface area (Å²) in [5, 5.41) is 6.70. The smallest absolute Gasteiger partial charge is 0.260 e. The summed E-state index contributed by atoms with van der Waals surface area (Å²) in [6, 6.07) is 6.67. The topological polar surface area (TPSA) is 96.7 Å². The summed E-state index contributed by atoms with van der Waals surface area (Å²) in [5.74, 6) is 0.132. The van der Waals surface area contributed by atoms with Crippen LogP contribution in [0.25, 0.3) is 0 Å². The first kappa shape index (κ1) is 20.4. The summed E-state index contributed by atoms with van der Waals surface area (Å²) in [7, 11) is 1.54. The Kier molecular flexibility index (Phi) is 6.03. The van der Waals surface area contributed by atoms with Gasteiger partial charge in [0.1, 0.15) is 12.0 Å². The van der Waals surface area contributed by atoms with Crippen molar-refractivity contribution in [1.29, 1.82) is 0 Å². The Hall–Kier alpha value is -2.88. The number of methoxy groups -OCH3 is 1. The number of nitrogens with one attached hydrogen (secondary N) is 2. The minimum Gasteiger partial charge on any atom is -0.495 e. The second-order valence-electron chi connectivity index (χ2n) is 6.71. The van der Waals surface area contributed by atoms with E-state index < -0.39 is 0 Å². The van der Waals surface area contributed by atoms with Crippen molar-refractivity contribution in [3.8, 4) is 5.75 Å². The Morgan fingerprint density at radius 1 is 1.33 bits per heavy atom. The lowest BCUT2D eigenvalue weighted by Crippen LogP contribution is -2.36. The molecule has 30 heavy (non-hydrogen) atoms. The van der Waals surface area contributed by atoms with Crippen LogP contribution in [0.2, 0.25) is 5.02 Å². The van der Waals surface area contributed by atoms with E-state index in [9.17, 15) is 9.59 Å². The zero-order valence-electron chi connectivity index (χ0n) is 16.1. The minimum atomic E-state index is -0.262. The highest BCUT2D eigenvalue weighted by Crippen LogP contribution is 2.30. The van der Waals surface area contributed by atoms with E-state index in [1.54, 1.807) is 24.3 Å². The molecule has 0 fully saturated rings. The van der Waals surface area contributed by atoms with Crippen molar-refractivity contribution in [3.05, 3.63) is 57.9 Å². The largest absolute Gasteiger partial charge is 0.495 e. The van der Waals surface area contributed by atoms with Gasteiger partial charge in [-0.25, -0.2) is 4.98 Å². The second-order valence-corrected chi connectivity index (χ2v) is 8.23. The van der Waals surface area contributed by atoms with Crippen molar-refractivity contribution in [2.75, 3.05) is 30.8 Å². The summed E-state index contributed by atoms with van der Waals surface area (Å²) in [4.78, 5) is 32.3. The predicted molar refractivity (Wildman–Crippen MR) is 114 cm³/mol. The molecule has 2 amide bonds. The molecule has 1 aromatic carbocycles. The number of anilines is 2. The monoisotopic (exact) mass is 446 g/mol. The fourth-order valence-electron chi connectivity index (χ4n) is 3.17. The van der Waals surface area contributed by atoms with Gasteiger partial charge >= 0.3 is 0 Å². The molecule has 0 aliphatic carbocycles. The minimum absolute atomic E-state index is 0.156. The number of furan rings is 1. The highest BCUT2D eigenvalue weighted by atomic mass is 35.5. The van der Waals surface area contributed by atoms with Crippen molar-refractivity contribution in [2.45, 2.75) is 13.0 Å². The van der Waals surface area contributed by atoms with Crippen LogP contribution in [0.3, 0.4) is 0 Å². The Balaban J connectivity index is 1.36. The molecule has 3 heterocycles. The lowest BCUT2D eigenvalue weighted by Gasteiger charge is -2.25. The van der Waals surface area contributed by atoms with Gasteiger partial charge in [-0.1, -0.05) is 11.6 Å². The third-order valence-electron chi connectivity index (χ3n) is 4.62. The van der Waals surface area contributed by atoms with Gasteiger partial charge in [0.25, 0.3) is 5.91 Å². The van der Waals surface area contributed by atoms with Gasteiger partial charge in [-0.15, -0.1) is 11.3 Å². The average Bonchev–Trinajstić information content (AvgIpc) is 3.37. The summed E-state index contributed by atoms with van der Waals surface area (Å²) in [6.45, 7) is 1.52. The Bertz CT molecular complexity index is 1070. The normalized spacial score (nSPS) is 13.5. The number of carbonyl (C=O) groups excluding carboxylic acids is 2. The summed E-state index contributed by atoms with van der Waals surface area (Å²) < 4.78 is 10.2.